The fraction of sp³-hybridized carbons (Fsp3) is 0.867. The van der Waals surface area contributed by atoms with Gasteiger partial charge in [-0.15, -0.1) is 0 Å². The molecular weight excluding hydrogens is 254 g/mol. The maximum atomic E-state index is 12.1. The number of carbonyl (C=O) groups is 2. The predicted molar refractivity (Wildman–Crippen MR) is 80.1 cm³/mol. The normalized spacial score (nSPS) is 24.6. The van der Waals surface area contributed by atoms with Crippen molar-refractivity contribution in [2.45, 2.75) is 70.9 Å². The van der Waals surface area contributed by atoms with E-state index in [0.717, 1.165) is 38.5 Å². The lowest BCUT2D eigenvalue weighted by Crippen LogP contribution is -2.42. The van der Waals surface area contributed by atoms with Crippen molar-refractivity contribution in [2.75, 3.05) is 6.54 Å². The molecule has 1 aliphatic rings. The zero-order valence-corrected chi connectivity index (χ0v) is 12.8. The molecule has 0 aromatic carbocycles. The molecule has 0 radical (unpaired) electrons. The third-order valence-corrected chi connectivity index (χ3v) is 4.08. The first-order valence-corrected chi connectivity index (χ1v) is 7.87. The molecule has 1 rings (SSSR count). The van der Waals surface area contributed by atoms with E-state index in [0.29, 0.717) is 13.0 Å². The summed E-state index contributed by atoms with van der Waals surface area (Å²) in [6, 6.07) is 0.153. The van der Waals surface area contributed by atoms with Gasteiger partial charge >= 0.3 is 0 Å². The molecule has 2 amide bonds. The Labute approximate surface area is 122 Å². The first-order chi connectivity index (χ1) is 9.54. The summed E-state index contributed by atoms with van der Waals surface area (Å²) in [6.07, 6.45) is 6.38. The summed E-state index contributed by atoms with van der Waals surface area (Å²) in [7, 11) is 0. The summed E-state index contributed by atoms with van der Waals surface area (Å²) >= 11 is 0. The van der Waals surface area contributed by atoms with E-state index >= 15 is 0 Å². The Morgan fingerprint density at radius 1 is 1.25 bits per heavy atom. The Morgan fingerprint density at radius 3 is 2.65 bits per heavy atom. The second-order valence-electron chi connectivity index (χ2n) is 5.83. The second kappa shape index (κ2) is 8.95. The minimum atomic E-state index is -0.0878. The van der Waals surface area contributed by atoms with Crippen molar-refractivity contribution >= 4 is 11.8 Å². The molecule has 0 aromatic rings. The van der Waals surface area contributed by atoms with Crippen molar-refractivity contribution in [3.05, 3.63) is 0 Å². The maximum Gasteiger partial charge on any atom is 0.224 e. The van der Waals surface area contributed by atoms with Crippen LogP contribution in [-0.2, 0) is 9.59 Å². The van der Waals surface area contributed by atoms with Crippen molar-refractivity contribution in [1.82, 2.24) is 10.6 Å². The molecule has 0 saturated heterocycles. The Kier molecular flexibility index (Phi) is 7.59. The van der Waals surface area contributed by atoms with Gasteiger partial charge in [0.25, 0.3) is 0 Å². The molecule has 3 atom stereocenters. The predicted octanol–water partition coefficient (Wildman–Crippen LogP) is 1.32. The molecule has 20 heavy (non-hydrogen) atoms. The first-order valence-electron chi connectivity index (χ1n) is 7.87. The highest BCUT2D eigenvalue weighted by atomic mass is 16.2. The van der Waals surface area contributed by atoms with Crippen molar-refractivity contribution in [3.8, 4) is 0 Å². The van der Waals surface area contributed by atoms with Gasteiger partial charge in [0.05, 0.1) is 5.92 Å². The minimum Gasteiger partial charge on any atom is -0.355 e. The molecule has 0 spiro atoms. The van der Waals surface area contributed by atoms with E-state index in [1.807, 2.05) is 13.8 Å². The van der Waals surface area contributed by atoms with Gasteiger partial charge in [-0.2, -0.15) is 0 Å². The molecule has 3 unspecified atom stereocenters. The summed E-state index contributed by atoms with van der Waals surface area (Å²) in [4.78, 5) is 23.7. The van der Waals surface area contributed by atoms with Crippen molar-refractivity contribution in [3.63, 3.8) is 0 Å². The fourth-order valence-electron chi connectivity index (χ4n) is 2.54. The van der Waals surface area contributed by atoms with E-state index < -0.39 is 0 Å². The molecule has 5 heteroatoms. The summed E-state index contributed by atoms with van der Waals surface area (Å²) in [5.74, 6) is -0.0873. The molecule has 4 N–H and O–H groups in total. The molecule has 0 aromatic heterocycles. The standard InChI is InChI=1S/C15H29N3O2/c1-3-11(2)18-14(19)9-10-17-15(20)12-7-5-4-6-8-13(12)16/h11-13H,3-10,16H2,1-2H3,(H,17,20)(H,18,19). The molecule has 1 aliphatic carbocycles. The molecule has 116 valence electrons. The van der Waals surface area contributed by atoms with Crippen molar-refractivity contribution in [1.29, 1.82) is 0 Å². The minimum absolute atomic E-state index is 0.00943. The first kappa shape index (κ1) is 17.0. The van der Waals surface area contributed by atoms with Crippen molar-refractivity contribution < 1.29 is 9.59 Å². The number of hydrogen-bond acceptors (Lipinski definition) is 3. The Hall–Kier alpha value is -1.10. The van der Waals surface area contributed by atoms with Crippen LogP contribution in [0, 0.1) is 5.92 Å². The average Bonchev–Trinajstić information content (AvgIpc) is 2.63. The number of rotatable bonds is 6. The van der Waals surface area contributed by atoms with Gasteiger partial charge in [0.2, 0.25) is 11.8 Å². The van der Waals surface area contributed by atoms with Crippen LogP contribution in [0.4, 0.5) is 0 Å². The summed E-state index contributed by atoms with van der Waals surface area (Å²) in [5, 5.41) is 5.74. The van der Waals surface area contributed by atoms with Crippen LogP contribution in [0.15, 0.2) is 0 Å². The fourth-order valence-corrected chi connectivity index (χ4v) is 2.54. The average molecular weight is 283 g/mol. The van der Waals surface area contributed by atoms with Gasteiger partial charge in [0.15, 0.2) is 0 Å². The van der Waals surface area contributed by atoms with Gasteiger partial charge in [-0.3, -0.25) is 9.59 Å². The van der Waals surface area contributed by atoms with E-state index in [2.05, 4.69) is 10.6 Å². The SMILES string of the molecule is CCC(C)NC(=O)CCNC(=O)C1CCCCCC1N. The number of nitrogens with one attached hydrogen (secondary N) is 2. The summed E-state index contributed by atoms with van der Waals surface area (Å²) in [6.45, 7) is 4.39. The smallest absolute Gasteiger partial charge is 0.224 e. The lowest BCUT2D eigenvalue weighted by Gasteiger charge is -2.20. The monoisotopic (exact) mass is 283 g/mol. The molecule has 5 nitrogen and oxygen atoms in total. The molecule has 0 bridgehead atoms. The van der Waals surface area contributed by atoms with Crippen LogP contribution in [0.1, 0.15) is 58.8 Å². The number of amides is 2. The number of nitrogens with two attached hydrogens (primary N) is 1. The Bertz CT molecular complexity index is 320. The lowest BCUT2D eigenvalue weighted by molar-refractivity contribution is -0.126. The van der Waals surface area contributed by atoms with Crippen LogP contribution in [0.5, 0.6) is 0 Å². The van der Waals surface area contributed by atoms with Gasteiger partial charge in [0, 0.05) is 25.0 Å². The van der Waals surface area contributed by atoms with Crippen LogP contribution in [0.25, 0.3) is 0 Å². The molecule has 1 fully saturated rings. The molecular formula is C15H29N3O2. The topological polar surface area (TPSA) is 84.2 Å². The van der Waals surface area contributed by atoms with E-state index in [1.54, 1.807) is 0 Å². The van der Waals surface area contributed by atoms with Crippen LogP contribution in [-0.4, -0.2) is 30.4 Å². The zero-order chi connectivity index (χ0) is 15.0. The Morgan fingerprint density at radius 2 is 1.95 bits per heavy atom. The highest BCUT2D eigenvalue weighted by Gasteiger charge is 2.26. The Balaban J connectivity index is 2.26. The summed E-state index contributed by atoms with van der Waals surface area (Å²) in [5.41, 5.74) is 6.06. The van der Waals surface area contributed by atoms with E-state index in [-0.39, 0.29) is 29.8 Å². The van der Waals surface area contributed by atoms with Crippen LogP contribution >= 0.6 is 0 Å². The number of carbonyl (C=O) groups excluding carboxylic acids is 2. The van der Waals surface area contributed by atoms with Gasteiger partial charge in [-0.05, 0) is 26.2 Å². The second-order valence-corrected chi connectivity index (χ2v) is 5.83. The zero-order valence-electron chi connectivity index (χ0n) is 12.8. The van der Waals surface area contributed by atoms with Crippen molar-refractivity contribution in [2.24, 2.45) is 11.7 Å². The lowest BCUT2D eigenvalue weighted by atomic mass is 9.94. The third kappa shape index (κ3) is 5.90. The quantitative estimate of drug-likeness (QED) is 0.643. The molecule has 0 heterocycles. The van der Waals surface area contributed by atoms with Gasteiger partial charge in [0.1, 0.15) is 0 Å². The van der Waals surface area contributed by atoms with Gasteiger partial charge in [-0.25, -0.2) is 0 Å². The maximum absolute atomic E-state index is 12.1. The van der Waals surface area contributed by atoms with Crippen LogP contribution in [0.3, 0.4) is 0 Å². The largest absolute Gasteiger partial charge is 0.355 e. The van der Waals surface area contributed by atoms with E-state index in [1.165, 1.54) is 0 Å². The van der Waals surface area contributed by atoms with Crippen LogP contribution in [0.2, 0.25) is 0 Å². The molecule has 1 saturated carbocycles. The highest BCUT2D eigenvalue weighted by Crippen LogP contribution is 2.22. The van der Waals surface area contributed by atoms with Crippen LogP contribution < -0.4 is 16.4 Å². The van der Waals surface area contributed by atoms with E-state index in [4.69, 9.17) is 5.73 Å². The number of hydrogen-bond donors (Lipinski definition) is 3. The van der Waals surface area contributed by atoms with Gasteiger partial charge < -0.3 is 16.4 Å². The highest BCUT2D eigenvalue weighted by molar-refractivity contribution is 5.81. The third-order valence-electron chi connectivity index (χ3n) is 4.08. The van der Waals surface area contributed by atoms with E-state index in [9.17, 15) is 9.59 Å². The van der Waals surface area contributed by atoms with Gasteiger partial charge in [-0.1, -0.05) is 26.2 Å². The summed E-state index contributed by atoms with van der Waals surface area (Å²) < 4.78 is 0. The molecule has 0 aliphatic heterocycles.